The highest BCUT2D eigenvalue weighted by Gasteiger charge is 2.24. The molecular formula is C19H19NO5S. The second kappa shape index (κ2) is 6.59. The topological polar surface area (TPSA) is 87.8 Å². The van der Waals surface area contributed by atoms with Gasteiger partial charge in [0.25, 0.3) is 0 Å². The molecule has 136 valence electrons. The number of hydrogen-bond acceptors (Lipinski definition) is 6. The summed E-state index contributed by atoms with van der Waals surface area (Å²) < 4.78 is 31.1. The van der Waals surface area contributed by atoms with Crippen LogP contribution in [0, 0.1) is 6.92 Å². The lowest BCUT2D eigenvalue weighted by Crippen LogP contribution is -2.17. The van der Waals surface area contributed by atoms with Crippen LogP contribution in [0.3, 0.4) is 0 Å². The van der Waals surface area contributed by atoms with E-state index in [1.807, 2.05) is 25.9 Å². The van der Waals surface area contributed by atoms with Crippen molar-refractivity contribution in [3.05, 3.63) is 64.0 Å². The summed E-state index contributed by atoms with van der Waals surface area (Å²) in [7, 11) is -0.379. The molecular weight excluding hydrogens is 354 g/mol. The highest BCUT2D eigenvalue weighted by atomic mass is 32.2. The molecule has 0 spiro atoms. The fourth-order valence-electron chi connectivity index (χ4n) is 2.73. The van der Waals surface area contributed by atoms with Crippen molar-refractivity contribution >= 4 is 20.8 Å². The largest absolute Gasteiger partial charge is 0.507 e. The van der Waals surface area contributed by atoms with Gasteiger partial charge in [-0.1, -0.05) is 17.7 Å². The second-order valence-corrected chi connectivity index (χ2v) is 8.34. The third kappa shape index (κ3) is 3.11. The molecule has 1 aromatic heterocycles. The van der Waals surface area contributed by atoms with Crippen LogP contribution in [0.2, 0.25) is 0 Å². The van der Waals surface area contributed by atoms with Crippen LogP contribution in [0.1, 0.15) is 11.1 Å². The minimum Gasteiger partial charge on any atom is -0.507 e. The number of phenolic OH excluding ortho intramolecular Hbond substituents is 1. The Hall–Kier alpha value is -2.64. The van der Waals surface area contributed by atoms with Crippen molar-refractivity contribution in [3.63, 3.8) is 0 Å². The SMILES string of the molecule is Cc1ccc(S(=O)(=O)c2coc3c(CN(C)C)c(O)ccc3c2=O)cc1. The standard InChI is InChI=1S/C19H19NO5S/c1-12-4-6-13(7-5-12)26(23,24)17-11-25-19-14(18(17)22)8-9-16(21)15(19)10-20(2)3/h4-9,11,21H,10H2,1-3H3. The number of rotatable bonds is 4. The van der Waals surface area contributed by atoms with Gasteiger partial charge in [-0.2, -0.15) is 0 Å². The van der Waals surface area contributed by atoms with Crippen molar-refractivity contribution in [2.75, 3.05) is 14.1 Å². The van der Waals surface area contributed by atoms with E-state index in [1.165, 1.54) is 24.3 Å². The highest BCUT2D eigenvalue weighted by molar-refractivity contribution is 7.91. The van der Waals surface area contributed by atoms with Crippen molar-refractivity contribution in [2.45, 2.75) is 23.3 Å². The van der Waals surface area contributed by atoms with Gasteiger partial charge in [-0.05, 0) is 45.3 Å². The van der Waals surface area contributed by atoms with E-state index in [0.29, 0.717) is 12.1 Å². The molecule has 1 heterocycles. The molecule has 3 aromatic rings. The first-order valence-corrected chi connectivity index (χ1v) is 9.43. The summed E-state index contributed by atoms with van der Waals surface area (Å²) in [5.41, 5.74) is 0.889. The number of fused-ring (bicyclic) bond motifs is 1. The Morgan fingerprint density at radius 2 is 1.73 bits per heavy atom. The molecule has 0 aliphatic heterocycles. The lowest BCUT2D eigenvalue weighted by atomic mass is 10.1. The molecule has 0 aliphatic rings. The van der Waals surface area contributed by atoms with Crippen molar-refractivity contribution in [1.82, 2.24) is 4.90 Å². The normalized spacial score (nSPS) is 12.0. The molecule has 0 aliphatic carbocycles. The van der Waals surface area contributed by atoms with Crippen LogP contribution in [0.25, 0.3) is 11.0 Å². The fourth-order valence-corrected chi connectivity index (χ4v) is 4.01. The van der Waals surface area contributed by atoms with Crippen LogP contribution < -0.4 is 5.43 Å². The van der Waals surface area contributed by atoms with Gasteiger partial charge in [0.15, 0.2) is 4.90 Å². The predicted octanol–water partition coefficient (Wildman–Crippen LogP) is 2.70. The third-order valence-electron chi connectivity index (χ3n) is 4.08. The Bertz CT molecular complexity index is 1130. The lowest BCUT2D eigenvalue weighted by Gasteiger charge is -2.13. The van der Waals surface area contributed by atoms with Crippen LogP contribution in [-0.2, 0) is 16.4 Å². The molecule has 6 nitrogen and oxygen atoms in total. The molecule has 0 amide bonds. The maximum Gasteiger partial charge on any atom is 0.213 e. The van der Waals surface area contributed by atoms with Gasteiger partial charge in [0.2, 0.25) is 15.3 Å². The third-order valence-corrected chi connectivity index (χ3v) is 5.84. The molecule has 0 saturated carbocycles. The van der Waals surface area contributed by atoms with Crippen molar-refractivity contribution in [2.24, 2.45) is 0 Å². The number of hydrogen-bond donors (Lipinski definition) is 1. The Balaban J connectivity index is 2.24. The number of benzene rings is 2. The van der Waals surface area contributed by atoms with Crippen molar-refractivity contribution in [1.29, 1.82) is 0 Å². The summed E-state index contributed by atoms with van der Waals surface area (Å²) in [4.78, 5) is 14.2. The molecule has 0 atom stereocenters. The first-order valence-electron chi connectivity index (χ1n) is 7.94. The maximum absolute atomic E-state index is 12.8. The molecule has 0 radical (unpaired) electrons. The van der Waals surface area contributed by atoms with E-state index < -0.39 is 20.2 Å². The minimum absolute atomic E-state index is 0.0107. The van der Waals surface area contributed by atoms with Gasteiger partial charge >= 0.3 is 0 Å². The smallest absolute Gasteiger partial charge is 0.213 e. The zero-order chi connectivity index (χ0) is 19.1. The summed E-state index contributed by atoms with van der Waals surface area (Å²) in [6, 6.07) is 9.01. The van der Waals surface area contributed by atoms with E-state index in [2.05, 4.69) is 0 Å². The zero-order valence-electron chi connectivity index (χ0n) is 14.7. The molecule has 3 rings (SSSR count). The van der Waals surface area contributed by atoms with Gasteiger partial charge in [0, 0.05) is 6.54 Å². The number of aromatic hydroxyl groups is 1. The molecule has 0 bridgehead atoms. The van der Waals surface area contributed by atoms with E-state index in [4.69, 9.17) is 4.42 Å². The van der Waals surface area contributed by atoms with Crippen LogP contribution in [0.4, 0.5) is 0 Å². The van der Waals surface area contributed by atoms with Crippen LogP contribution >= 0.6 is 0 Å². The number of aryl methyl sites for hydroxylation is 1. The van der Waals surface area contributed by atoms with Crippen molar-refractivity contribution < 1.29 is 17.9 Å². The first-order chi connectivity index (χ1) is 12.2. The van der Waals surface area contributed by atoms with Gasteiger partial charge < -0.3 is 14.4 Å². The lowest BCUT2D eigenvalue weighted by molar-refractivity contribution is 0.384. The minimum atomic E-state index is -4.00. The van der Waals surface area contributed by atoms with E-state index in [0.717, 1.165) is 11.8 Å². The Morgan fingerprint density at radius 1 is 1.08 bits per heavy atom. The van der Waals surface area contributed by atoms with E-state index >= 15 is 0 Å². The van der Waals surface area contributed by atoms with Crippen LogP contribution in [0.5, 0.6) is 5.75 Å². The van der Waals surface area contributed by atoms with Crippen molar-refractivity contribution in [3.8, 4) is 5.75 Å². The van der Waals surface area contributed by atoms with Crippen LogP contribution in [-0.4, -0.2) is 32.5 Å². The molecule has 0 fully saturated rings. The van der Waals surface area contributed by atoms with Gasteiger partial charge in [0.1, 0.15) is 17.6 Å². The highest BCUT2D eigenvalue weighted by Crippen LogP contribution is 2.28. The summed E-state index contributed by atoms with van der Waals surface area (Å²) in [6.07, 6.45) is 0.957. The molecule has 26 heavy (non-hydrogen) atoms. The zero-order valence-corrected chi connectivity index (χ0v) is 15.5. The van der Waals surface area contributed by atoms with Gasteiger partial charge in [-0.25, -0.2) is 8.42 Å². The average Bonchev–Trinajstić information content (AvgIpc) is 2.57. The number of sulfone groups is 1. The van der Waals surface area contributed by atoms with Gasteiger partial charge in [0.05, 0.1) is 15.8 Å². The monoisotopic (exact) mass is 373 g/mol. The quantitative estimate of drug-likeness (QED) is 0.756. The Kier molecular flexibility index (Phi) is 4.60. The average molecular weight is 373 g/mol. The number of phenols is 1. The van der Waals surface area contributed by atoms with E-state index in [-0.39, 0.29) is 21.6 Å². The summed E-state index contributed by atoms with van der Waals surface area (Å²) >= 11 is 0. The maximum atomic E-state index is 12.8. The predicted molar refractivity (Wildman–Crippen MR) is 98.2 cm³/mol. The van der Waals surface area contributed by atoms with Gasteiger partial charge in [-0.15, -0.1) is 0 Å². The first kappa shape index (κ1) is 18.2. The molecule has 1 N–H and O–H groups in total. The Labute approximate surface area is 151 Å². The fraction of sp³-hybridized carbons (Fsp3) is 0.211. The summed E-state index contributed by atoms with van der Waals surface area (Å²) in [5.74, 6) is -0.0107. The second-order valence-electron chi connectivity index (χ2n) is 6.42. The van der Waals surface area contributed by atoms with E-state index in [1.54, 1.807) is 12.1 Å². The molecule has 2 aromatic carbocycles. The molecule has 0 unspecified atom stereocenters. The van der Waals surface area contributed by atoms with E-state index in [9.17, 15) is 18.3 Å². The van der Waals surface area contributed by atoms with Gasteiger partial charge in [-0.3, -0.25) is 4.79 Å². The number of nitrogens with zero attached hydrogens (tertiary/aromatic N) is 1. The summed E-state index contributed by atoms with van der Waals surface area (Å²) in [5, 5.41) is 10.2. The Morgan fingerprint density at radius 3 is 2.35 bits per heavy atom. The summed E-state index contributed by atoms with van der Waals surface area (Å²) in [6.45, 7) is 2.19. The van der Waals surface area contributed by atoms with Crippen LogP contribution in [0.15, 0.2) is 61.7 Å². The molecule has 0 saturated heterocycles. The molecule has 7 heteroatoms.